The highest BCUT2D eigenvalue weighted by Gasteiger charge is 2.27. The van der Waals surface area contributed by atoms with Gasteiger partial charge in [-0.15, -0.1) is 0 Å². The number of hydrogen-bond acceptors (Lipinski definition) is 6. The molecule has 0 aliphatic rings. The van der Waals surface area contributed by atoms with Crippen molar-refractivity contribution < 1.29 is 17.9 Å². The largest absolute Gasteiger partial charge is 0.497 e. The number of hydrogen-bond donors (Lipinski definition) is 1. The summed E-state index contributed by atoms with van der Waals surface area (Å²) in [6.07, 6.45) is 1.34. The van der Waals surface area contributed by atoms with Crippen molar-refractivity contribution in [3.05, 3.63) is 94.6 Å². The zero-order valence-electron chi connectivity index (χ0n) is 18.9. The van der Waals surface area contributed by atoms with Crippen LogP contribution in [0.15, 0.2) is 88.9 Å². The number of amides is 1. The Morgan fingerprint density at radius 2 is 1.78 bits per heavy atom. The molecule has 0 unspecified atom stereocenters. The topological polar surface area (TPSA) is 101 Å². The molecule has 0 spiro atoms. The van der Waals surface area contributed by atoms with E-state index in [1.54, 1.807) is 55.6 Å². The van der Waals surface area contributed by atoms with Crippen LogP contribution in [0.25, 0.3) is 10.9 Å². The van der Waals surface area contributed by atoms with Gasteiger partial charge < -0.3 is 4.74 Å². The van der Waals surface area contributed by atoms with Crippen molar-refractivity contribution in [1.29, 1.82) is 0 Å². The van der Waals surface area contributed by atoms with E-state index in [1.165, 1.54) is 30.5 Å². The first-order valence-corrected chi connectivity index (χ1v) is 12.8. The second-order valence-corrected chi connectivity index (χ2v) is 10.2. The summed E-state index contributed by atoms with van der Waals surface area (Å²) in [4.78, 5) is 17.1. The van der Waals surface area contributed by atoms with Crippen LogP contribution >= 0.6 is 23.2 Å². The lowest BCUT2D eigenvalue weighted by Crippen LogP contribution is -2.39. The zero-order valence-corrected chi connectivity index (χ0v) is 21.3. The first-order chi connectivity index (χ1) is 17.3. The third kappa shape index (κ3) is 5.76. The van der Waals surface area contributed by atoms with Crippen molar-refractivity contribution in [3.8, 4) is 5.75 Å². The van der Waals surface area contributed by atoms with Crippen LogP contribution in [-0.2, 0) is 14.8 Å². The van der Waals surface area contributed by atoms with Gasteiger partial charge in [-0.2, -0.15) is 5.10 Å². The van der Waals surface area contributed by atoms with Gasteiger partial charge in [0.05, 0.1) is 29.4 Å². The summed E-state index contributed by atoms with van der Waals surface area (Å²) in [6, 6.07) is 21.1. The van der Waals surface area contributed by atoms with E-state index in [4.69, 9.17) is 27.9 Å². The van der Waals surface area contributed by atoms with Gasteiger partial charge in [-0.3, -0.25) is 9.10 Å². The number of fused-ring (bicyclic) bond motifs is 1. The fourth-order valence-corrected chi connectivity index (χ4v) is 5.10. The van der Waals surface area contributed by atoms with Crippen molar-refractivity contribution in [2.75, 3.05) is 18.0 Å². The highest BCUT2D eigenvalue weighted by Crippen LogP contribution is 2.25. The minimum atomic E-state index is -4.04. The number of carbonyl (C=O) groups excluding carboxylic acids is 1. The third-order valence-corrected chi connectivity index (χ3v) is 7.47. The van der Waals surface area contributed by atoms with Crippen LogP contribution in [-0.4, -0.2) is 39.2 Å². The van der Waals surface area contributed by atoms with Crippen molar-refractivity contribution in [2.24, 2.45) is 5.10 Å². The molecule has 1 aromatic heterocycles. The van der Waals surface area contributed by atoms with Crippen LogP contribution in [0.3, 0.4) is 0 Å². The van der Waals surface area contributed by atoms with Crippen molar-refractivity contribution in [1.82, 2.24) is 10.4 Å². The lowest BCUT2D eigenvalue weighted by Gasteiger charge is -2.23. The molecule has 184 valence electrons. The van der Waals surface area contributed by atoms with Gasteiger partial charge in [-0.1, -0.05) is 41.4 Å². The summed E-state index contributed by atoms with van der Waals surface area (Å²) in [7, 11) is -2.48. The third-order valence-electron chi connectivity index (χ3n) is 5.13. The van der Waals surface area contributed by atoms with E-state index in [2.05, 4.69) is 15.5 Å². The molecule has 1 N–H and O–H groups in total. The molecule has 4 aromatic rings. The minimum absolute atomic E-state index is 0.0434. The molecule has 11 heteroatoms. The van der Waals surface area contributed by atoms with E-state index in [1.807, 2.05) is 6.07 Å². The molecule has 3 aromatic carbocycles. The highest BCUT2D eigenvalue weighted by molar-refractivity contribution is 7.92. The van der Waals surface area contributed by atoms with Crippen LogP contribution < -0.4 is 14.5 Å². The van der Waals surface area contributed by atoms with E-state index in [0.717, 1.165) is 9.69 Å². The van der Waals surface area contributed by atoms with E-state index in [9.17, 15) is 13.2 Å². The van der Waals surface area contributed by atoms with Crippen LogP contribution in [0.4, 0.5) is 5.69 Å². The molecule has 0 aliphatic heterocycles. The summed E-state index contributed by atoms with van der Waals surface area (Å²) in [5.74, 6) is -0.00856. The average Bonchev–Trinajstić information content (AvgIpc) is 2.88. The molecular weight excluding hydrogens is 523 g/mol. The van der Waals surface area contributed by atoms with Crippen LogP contribution in [0.2, 0.25) is 10.2 Å². The number of methoxy groups -OCH3 is 1. The Kier molecular flexibility index (Phi) is 7.73. The van der Waals surface area contributed by atoms with Gasteiger partial charge in [0.15, 0.2) is 0 Å². The molecule has 0 bridgehead atoms. The number of rotatable bonds is 8. The smallest absolute Gasteiger partial charge is 0.264 e. The summed E-state index contributed by atoms with van der Waals surface area (Å²) in [5, 5.41) is 5.36. The molecule has 0 radical (unpaired) electrons. The lowest BCUT2D eigenvalue weighted by molar-refractivity contribution is -0.119. The van der Waals surface area contributed by atoms with Gasteiger partial charge in [0.25, 0.3) is 15.9 Å². The molecule has 1 amide bonds. The minimum Gasteiger partial charge on any atom is -0.497 e. The van der Waals surface area contributed by atoms with E-state index >= 15 is 0 Å². The highest BCUT2D eigenvalue weighted by atomic mass is 35.5. The molecule has 1 heterocycles. The van der Waals surface area contributed by atoms with Gasteiger partial charge in [-0.05, 0) is 54.6 Å². The standard InChI is InChI=1S/C25H20Cl2N4O4S/c1-35-21-12-7-17-13-18(25(27)29-23(17)14-21)15-28-30-24(32)16-31(20-10-8-19(26)9-11-20)36(33,34)22-5-3-2-4-6-22/h2-15H,16H2,1H3,(H,30,32)/b28-15-. The van der Waals surface area contributed by atoms with Gasteiger partial charge in [-0.25, -0.2) is 18.8 Å². The molecule has 0 fully saturated rings. The number of aromatic nitrogens is 1. The Hall–Kier alpha value is -3.66. The summed E-state index contributed by atoms with van der Waals surface area (Å²) in [5.41, 5.74) is 3.75. The number of ether oxygens (including phenoxy) is 1. The summed E-state index contributed by atoms with van der Waals surface area (Å²) >= 11 is 12.2. The van der Waals surface area contributed by atoms with Crippen molar-refractivity contribution >= 4 is 61.9 Å². The fourth-order valence-electron chi connectivity index (χ4n) is 3.34. The first kappa shape index (κ1) is 25.4. The van der Waals surface area contributed by atoms with Gasteiger partial charge in [0.1, 0.15) is 17.4 Å². The van der Waals surface area contributed by atoms with Crippen LogP contribution in [0.1, 0.15) is 5.56 Å². The Balaban J connectivity index is 1.54. The second-order valence-electron chi connectivity index (χ2n) is 7.52. The fraction of sp³-hybridized carbons (Fsp3) is 0.0800. The van der Waals surface area contributed by atoms with E-state index in [-0.39, 0.29) is 15.7 Å². The van der Waals surface area contributed by atoms with Gasteiger partial charge in [0.2, 0.25) is 0 Å². The molecule has 36 heavy (non-hydrogen) atoms. The first-order valence-electron chi connectivity index (χ1n) is 10.6. The number of pyridine rings is 1. The van der Waals surface area contributed by atoms with Gasteiger partial charge >= 0.3 is 0 Å². The maximum Gasteiger partial charge on any atom is 0.264 e. The van der Waals surface area contributed by atoms with Crippen LogP contribution in [0.5, 0.6) is 5.75 Å². The summed E-state index contributed by atoms with van der Waals surface area (Å²) < 4.78 is 32.8. The SMILES string of the molecule is COc1ccc2cc(/C=N\NC(=O)CN(c3ccc(Cl)cc3)S(=O)(=O)c3ccccc3)c(Cl)nc2c1. The number of anilines is 1. The quantitative estimate of drug-likeness (QED) is 0.194. The predicted octanol–water partition coefficient (Wildman–Crippen LogP) is 4.90. The summed E-state index contributed by atoms with van der Waals surface area (Å²) in [6.45, 7) is -0.514. The molecule has 0 aliphatic carbocycles. The molecule has 8 nitrogen and oxygen atoms in total. The number of benzene rings is 3. The molecule has 0 saturated carbocycles. The maximum absolute atomic E-state index is 13.3. The number of carbonyl (C=O) groups is 1. The second kappa shape index (κ2) is 10.9. The normalized spacial score (nSPS) is 11.5. The monoisotopic (exact) mass is 542 g/mol. The van der Waals surface area contributed by atoms with E-state index in [0.29, 0.717) is 21.9 Å². The molecular formula is C25H20Cl2N4O4S. The number of nitrogens with one attached hydrogen (secondary N) is 1. The zero-order chi connectivity index (χ0) is 25.7. The van der Waals surface area contributed by atoms with E-state index < -0.39 is 22.5 Å². The maximum atomic E-state index is 13.3. The molecule has 0 atom stereocenters. The van der Waals surface area contributed by atoms with Crippen molar-refractivity contribution in [3.63, 3.8) is 0 Å². The molecule has 4 rings (SSSR count). The lowest BCUT2D eigenvalue weighted by atomic mass is 10.1. The van der Waals surface area contributed by atoms with Crippen molar-refractivity contribution in [2.45, 2.75) is 4.90 Å². The number of halogens is 2. The number of sulfonamides is 1. The Labute approximate surface area is 218 Å². The number of nitrogens with zero attached hydrogens (tertiary/aromatic N) is 3. The van der Waals surface area contributed by atoms with Gasteiger partial charge in [0, 0.05) is 22.0 Å². The average molecular weight is 543 g/mol. The number of hydrazone groups is 1. The predicted molar refractivity (Wildman–Crippen MR) is 141 cm³/mol. The Bertz CT molecular complexity index is 1530. The molecule has 0 saturated heterocycles. The Morgan fingerprint density at radius 1 is 1.06 bits per heavy atom. The Morgan fingerprint density at radius 3 is 2.47 bits per heavy atom. The van der Waals surface area contributed by atoms with Crippen LogP contribution in [0, 0.1) is 0 Å².